The summed E-state index contributed by atoms with van der Waals surface area (Å²) in [7, 11) is 0. The van der Waals surface area contributed by atoms with E-state index >= 15 is 0 Å². The topological polar surface area (TPSA) is 61.5 Å². The zero-order valence-corrected chi connectivity index (χ0v) is 13.2. The lowest BCUT2D eigenvalue weighted by Crippen LogP contribution is -2.12. The number of carbonyl (C=O) groups excluding carboxylic acids is 1. The number of hydrogen-bond acceptors (Lipinski definition) is 4. The third kappa shape index (κ3) is 3.98. The number of para-hydroxylation sites is 1. The van der Waals surface area contributed by atoms with E-state index in [2.05, 4.69) is 15.9 Å². The molecule has 2 N–H and O–H groups in total. The molecule has 2 rings (SSSR count). The zero-order valence-electron chi connectivity index (χ0n) is 11.6. The molecule has 2 aromatic carbocycles. The Morgan fingerprint density at radius 3 is 2.67 bits per heavy atom. The van der Waals surface area contributed by atoms with Crippen molar-refractivity contribution >= 4 is 27.4 Å². The number of nitrogen functional groups attached to an aromatic ring is 1. The zero-order chi connectivity index (χ0) is 15.2. The van der Waals surface area contributed by atoms with Crippen LogP contribution in [-0.4, -0.2) is 19.0 Å². The molecule has 0 spiro atoms. The van der Waals surface area contributed by atoms with Crippen LogP contribution in [0.1, 0.15) is 17.3 Å². The van der Waals surface area contributed by atoms with Crippen molar-refractivity contribution in [2.24, 2.45) is 0 Å². The number of hydrogen-bond donors (Lipinski definition) is 1. The molecule has 4 nitrogen and oxygen atoms in total. The predicted molar refractivity (Wildman–Crippen MR) is 86.0 cm³/mol. The van der Waals surface area contributed by atoms with E-state index in [4.69, 9.17) is 15.2 Å². The SMILES string of the molecule is CCOc1cccc(C(=O)COc2c(N)cccc2Br)c1. The molecule has 0 fully saturated rings. The molecular formula is C16H16BrNO3. The monoisotopic (exact) mass is 349 g/mol. The van der Waals surface area contributed by atoms with Crippen LogP contribution in [0.4, 0.5) is 5.69 Å². The molecule has 0 heterocycles. The van der Waals surface area contributed by atoms with E-state index in [1.54, 1.807) is 30.3 Å². The van der Waals surface area contributed by atoms with Crippen LogP contribution in [0.25, 0.3) is 0 Å². The first-order valence-electron chi connectivity index (χ1n) is 6.54. The molecule has 0 amide bonds. The van der Waals surface area contributed by atoms with E-state index in [1.165, 1.54) is 0 Å². The van der Waals surface area contributed by atoms with Crippen molar-refractivity contribution in [3.63, 3.8) is 0 Å². The molecule has 0 aliphatic carbocycles. The lowest BCUT2D eigenvalue weighted by atomic mass is 10.1. The summed E-state index contributed by atoms with van der Waals surface area (Å²) in [6, 6.07) is 12.4. The lowest BCUT2D eigenvalue weighted by molar-refractivity contribution is 0.0921. The van der Waals surface area contributed by atoms with Gasteiger partial charge in [0.15, 0.2) is 18.1 Å². The number of anilines is 1. The molecule has 110 valence electrons. The third-order valence-corrected chi connectivity index (χ3v) is 3.44. The largest absolute Gasteiger partial charge is 0.494 e. The summed E-state index contributed by atoms with van der Waals surface area (Å²) in [6.45, 7) is 2.37. The third-order valence-electron chi connectivity index (χ3n) is 2.81. The Morgan fingerprint density at radius 2 is 1.95 bits per heavy atom. The first-order valence-corrected chi connectivity index (χ1v) is 7.34. The van der Waals surface area contributed by atoms with E-state index in [0.29, 0.717) is 29.4 Å². The Kier molecular flexibility index (Phi) is 5.22. The van der Waals surface area contributed by atoms with Crippen LogP contribution < -0.4 is 15.2 Å². The number of Topliss-reactive ketones (excluding diaryl/α,β-unsaturated/α-hetero) is 1. The highest BCUT2D eigenvalue weighted by Gasteiger charge is 2.11. The van der Waals surface area contributed by atoms with Gasteiger partial charge in [-0.3, -0.25) is 4.79 Å². The smallest absolute Gasteiger partial charge is 0.200 e. The van der Waals surface area contributed by atoms with Crippen LogP contribution in [0.2, 0.25) is 0 Å². The van der Waals surface area contributed by atoms with E-state index < -0.39 is 0 Å². The number of nitrogens with two attached hydrogens (primary N) is 1. The van der Waals surface area contributed by atoms with Crippen molar-refractivity contribution in [3.05, 3.63) is 52.5 Å². The van der Waals surface area contributed by atoms with Crippen LogP contribution in [0, 0.1) is 0 Å². The van der Waals surface area contributed by atoms with Crippen LogP contribution in [-0.2, 0) is 0 Å². The minimum absolute atomic E-state index is 0.0810. The van der Waals surface area contributed by atoms with E-state index in [-0.39, 0.29) is 12.4 Å². The Bertz CT molecular complexity index is 623. The van der Waals surface area contributed by atoms with Crippen molar-refractivity contribution in [1.29, 1.82) is 0 Å². The number of halogens is 1. The van der Waals surface area contributed by atoms with Crippen molar-refractivity contribution in [2.75, 3.05) is 18.9 Å². The molecule has 2 aromatic rings. The van der Waals surface area contributed by atoms with Crippen molar-refractivity contribution in [3.8, 4) is 11.5 Å². The molecule has 21 heavy (non-hydrogen) atoms. The fraction of sp³-hybridized carbons (Fsp3) is 0.188. The first kappa shape index (κ1) is 15.4. The van der Waals surface area contributed by atoms with Crippen molar-refractivity contribution in [2.45, 2.75) is 6.92 Å². The van der Waals surface area contributed by atoms with Gasteiger partial charge in [0.1, 0.15) is 5.75 Å². The molecule has 0 aromatic heterocycles. The summed E-state index contributed by atoms with van der Waals surface area (Å²) in [5.74, 6) is 1.02. The quantitative estimate of drug-likeness (QED) is 0.638. The fourth-order valence-electron chi connectivity index (χ4n) is 1.82. The number of ketones is 1. The Hall–Kier alpha value is -2.01. The summed E-state index contributed by atoms with van der Waals surface area (Å²) < 4.78 is 11.6. The second-order valence-corrected chi connectivity index (χ2v) is 5.19. The van der Waals surface area contributed by atoms with Gasteiger partial charge < -0.3 is 15.2 Å². The summed E-state index contributed by atoms with van der Waals surface area (Å²) in [5.41, 5.74) is 6.86. The normalized spacial score (nSPS) is 10.2. The molecule has 0 unspecified atom stereocenters. The number of rotatable bonds is 6. The molecular weight excluding hydrogens is 334 g/mol. The van der Waals surface area contributed by atoms with Crippen LogP contribution in [0.5, 0.6) is 11.5 Å². The standard InChI is InChI=1S/C16H16BrNO3/c1-2-20-12-6-3-5-11(9-12)15(19)10-21-16-13(17)7-4-8-14(16)18/h3-9H,2,10,18H2,1H3. The average Bonchev–Trinajstić information content (AvgIpc) is 2.47. The maximum Gasteiger partial charge on any atom is 0.200 e. The number of benzene rings is 2. The summed E-state index contributed by atoms with van der Waals surface area (Å²) in [5, 5.41) is 0. The van der Waals surface area contributed by atoms with Gasteiger partial charge in [0.25, 0.3) is 0 Å². The molecule has 0 saturated heterocycles. The fourth-order valence-corrected chi connectivity index (χ4v) is 2.32. The van der Waals surface area contributed by atoms with Gasteiger partial charge in [-0.25, -0.2) is 0 Å². The molecule has 0 bridgehead atoms. The van der Waals surface area contributed by atoms with Crippen LogP contribution in [0.15, 0.2) is 46.9 Å². The highest BCUT2D eigenvalue weighted by molar-refractivity contribution is 9.10. The van der Waals surface area contributed by atoms with Crippen molar-refractivity contribution in [1.82, 2.24) is 0 Å². The molecule has 0 atom stereocenters. The Morgan fingerprint density at radius 1 is 1.19 bits per heavy atom. The molecule has 0 saturated carbocycles. The molecule has 0 aliphatic rings. The average molecular weight is 350 g/mol. The van der Waals surface area contributed by atoms with Crippen LogP contribution in [0.3, 0.4) is 0 Å². The summed E-state index contributed by atoms with van der Waals surface area (Å²) in [4.78, 5) is 12.2. The molecule has 0 radical (unpaired) electrons. The van der Waals surface area contributed by atoms with E-state index in [9.17, 15) is 4.79 Å². The maximum atomic E-state index is 12.2. The Balaban J connectivity index is 2.06. The van der Waals surface area contributed by atoms with Crippen molar-refractivity contribution < 1.29 is 14.3 Å². The maximum absolute atomic E-state index is 12.2. The minimum atomic E-state index is -0.133. The molecule has 0 aliphatic heterocycles. The highest BCUT2D eigenvalue weighted by atomic mass is 79.9. The summed E-state index contributed by atoms with van der Waals surface area (Å²) in [6.07, 6.45) is 0. The van der Waals surface area contributed by atoms with Gasteiger partial charge >= 0.3 is 0 Å². The van der Waals surface area contributed by atoms with Gasteiger partial charge in [-0.1, -0.05) is 18.2 Å². The van der Waals surface area contributed by atoms with E-state index in [0.717, 1.165) is 4.47 Å². The number of ether oxygens (including phenoxy) is 2. The number of carbonyl (C=O) groups is 1. The van der Waals surface area contributed by atoms with Gasteiger partial charge in [-0.15, -0.1) is 0 Å². The Labute approximate surface area is 132 Å². The van der Waals surface area contributed by atoms with Gasteiger partial charge in [-0.2, -0.15) is 0 Å². The highest BCUT2D eigenvalue weighted by Crippen LogP contribution is 2.31. The predicted octanol–water partition coefficient (Wildman–Crippen LogP) is 3.69. The van der Waals surface area contributed by atoms with Gasteiger partial charge in [0.2, 0.25) is 0 Å². The second-order valence-electron chi connectivity index (χ2n) is 4.33. The second kappa shape index (κ2) is 7.13. The minimum Gasteiger partial charge on any atom is -0.494 e. The molecule has 5 heteroatoms. The lowest BCUT2D eigenvalue weighted by Gasteiger charge is -2.10. The van der Waals surface area contributed by atoms with Gasteiger partial charge in [-0.05, 0) is 47.1 Å². The van der Waals surface area contributed by atoms with Gasteiger partial charge in [0.05, 0.1) is 16.8 Å². The van der Waals surface area contributed by atoms with Crippen LogP contribution >= 0.6 is 15.9 Å². The van der Waals surface area contributed by atoms with Gasteiger partial charge in [0, 0.05) is 5.56 Å². The first-order chi connectivity index (χ1) is 10.1. The van der Waals surface area contributed by atoms with E-state index in [1.807, 2.05) is 19.1 Å². The summed E-state index contributed by atoms with van der Waals surface area (Å²) >= 11 is 3.35.